The molecule has 1 N–H and O–H groups in total. The molecule has 0 aromatic carbocycles. The summed E-state index contributed by atoms with van der Waals surface area (Å²) in [5.74, 6) is 0. The minimum Gasteiger partial charge on any atom is -0.387 e. The van der Waals surface area contributed by atoms with Gasteiger partial charge in [-0.15, -0.1) is 11.3 Å². The molecule has 0 radical (unpaired) electrons. The first-order chi connectivity index (χ1) is 8.58. The van der Waals surface area contributed by atoms with E-state index in [-0.39, 0.29) is 0 Å². The Labute approximate surface area is 111 Å². The smallest absolute Gasteiger partial charge is 0.0931 e. The Morgan fingerprint density at radius 2 is 2.17 bits per heavy atom. The average Bonchev–Trinajstić information content (AvgIpc) is 2.75. The minimum absolute atomic E-state index is 0.520. The van der Waals surface area contributed by atoms with Gasteiger partial charge in [-0.3, -0.25) is 4.98 Å². The van der Waals surface area contributed by atoms with Gasteiger partial charge < -0.3 is 10.0 Å². The van der Waals surface area contributed by atoms with Gasteiger partial charge in [0.25, 0.3) is 0 Å². The van der Waals surface area contributed by atoms with Gasteiger partial charge in [0.2, 0.25) is 0 Å². The zero-order chi connectivity index (χ0) is 13.1. The fourth-order valence-corrected chi connectivity index (χ4v) is 2.48. The molecule has 0 aliphatic heterocycles. The molecule has 2 aromatic rings. The topological polar surface area (TPSA) is 49.2 Å². The average molecular weight is 263 g/mol. The molecule has 5 heteroatoms. The van der Waals surface area contributed by atoms with Crippen LogP contribution in [0.15, 0.2) is 23.8 Å². The summed E-state index contributed by atoms with van der Waals surface area (Å²) in [5, 5.41) is 9.41. The molecule has 0 saturated carbocycles. The van der Waals surface area contributed by atoms with Gasteiger partial charge in [0.05, 0.1) is 41.4 Å². The van der Waals surface area contributed by atoms with E-state index in [9.17, 15) is 5.11 Å². The van der Waals surface area contributed by atoms with Gasteiger partial charge in [-0.2, -0.15) is 0 Å². The van der Waals surface area contributed by atoms with Gasteiger partial charge in [0.1, 0.15) is 0 Å². The first-order valence-electron chi connectivity index (χ1n) is 5.82. The van der Waals surface area contributed by atoms with E-state index in [0.29, 0.717) is 5.69 Å². The molecule has 0 aliphatic rings. The number of aryl methyl sites for hydroxylation is 1. The van der Waals surface area contributed by atoms with Crippen LogP contribution in [0.25, 0.3) is 0 Å². The van der Waals surface area contributed by atoms with E-state index in [2.05, 4.69) is 14.9 Å². The van der Waals surface area contributed by atoms with Crippen molar-refractivity contribution < 1.29 is 5.11 Å². The molecule has 4 nitrogen and oxygen atoms in total. The van der Waals surface area contributed by atoms with Crippen molar-refractivity contribution in [2.75, 3.05) is 11.9 Å². The molecule has 2 heterocycles. The fraction of sp³-hybridized carbons (Fsp3) is 0.385. The number of aliphatic hydroxyl groups is 1. The van der Waals surface area contributed by atoms with E-state index in [4.69, 9.17) is 0 Å². The molecule has 0 bridgehead atoms. The standard InChI is InChI=1S/C13H17N3OS/c1-9-13(18-8-15-9)7-16(3)11-4-5-12(10(2)17)14-6-11/h4-6,8,10,17H,7H2,1-3H3/t10-/m1/s1. The Morgan fingerprint density at radius 1 is 1.39 bits per heavy atom. The van der Waals surface area contributed by atoms with Crippen LogP contribution in [0.4, 0.5) is 5.69 Å². The van der Waals surface area contributed by atoms with Gasteiger partial charge in [-0.25, -0.2) is 4.98 Å². The normalized spacial score (nSPS) is 12.4. The molecule has 0 fully saturated rings. The molecule has 2 aromatic heterocycles. The number of aliphatic hydroxyl groups excluding tert-OH is 1. The lowest BCUT2D eigenvalue weighted by molar-refractivity contribution is 0.194. The Hall–Kier alpha value is -1.46. The third-order valence-corrected chi connectivity index (χ3v) is 3.79. The second kappa shape index (κ2) is 5.46. The first-order valence-corrected chi connectivity index (χ1v) is 6.70. The van der Waals surface area contributed by atoms with Crippen molar-refractivity contribution in [3.05, 3.63) is 40.1 Å². The van der Waals surface area contributed by atoms with Crippen LogP contribution in [0.3, 0.4) is 0 Å². The number of thiazole rings is 1. The van der Waals surface area contributed by atoms with Crippen molar-refractivity contribution in [1.29, 1.82) is 0 Å². The first kappa shape index (κ1) is 13.0. The van der Waals surface area contributed by atoms with Gasteiger partial charge in [-0.1, -0.05) is 0 Å². The lowest BCUT2D eigenvalue weighted by Crippen LogP contribution is -2.16. The van der Waals surface area contributed by atoms with Crippen LogP contribution in [0, 0.1) is 6.92 Å². The number of aromatic nitrogens is 2. The second-order valence-corrected chi connectivity index (χ2v) is 5.27. The van der Waals surface area contributed by atoms with Crippen LogP contribution in [0.5, 0.6) is 0 Å². The van der Waals surface area contributed by atoms with Crippen LogP contribution in [-0.2, 0) is 6.54 Å². The SMILES string of the molecule is Cc1ncsc1CN(C)c1ccc([C@@H](C)O)nc1. The van der Waals surface area contributed by atoms with Gasteiger partial charge in [0.15, 0.2) is 0 Å². The van der Waals surface area contributed by atoms with Crippen molar-refractivity contribution >= 4 is 17.0 Å². The molecule has 0 aliphatic carbocycles. The Bertz CT molecular complexity index is 507. The molecule has 0 unspecified atom stereocenters. The summed E-state index contributed by atoms with van der Waals surface area (Å²) in [4.78, 5) is 11.9. The Balaban J connectivity index is 2.09. The summed E-state index contributed by atoms with van der Waals surface area (Å²) in [5.41, 5.74) is 4.68. The number of nitrogens with zero attached hydrogens (tertiary/aromatic N) is 3. The highest BCUT2D eigenvalue weighted by atomic mass is 32.1. The van der Waals surface area contributed by atoms with E-state index in [1.165, 1.54) is 4.88 Å². The summed E-state index contributed by atoms with van der Waals surface area (Å²) in [6.07, 6.45) is 1.27. The highest BCUT2D eigenvalue weighted by Crippen LogP contribution is 2.20. The highest BCUT2D eigenvalue weighted by molar-refractivity contribution is 7.09. The van der Waals surface area contributed by atoms with E-state index >= 15 is 0 Å². The van der Waals surface area contributed by atoms with Gasteiger partial charge in [0, 0.05) is 11.9 Å². The number of hydrogen-bond acceptors (Lipinski definition) is 5. The molecular weight excluding hydrogens is 246 g/mol. The zero-order valence-electron chi connectivity index (χ0n) is 10.8. The highest BCUT2D eigenvalue weighted by Gasteiger charge is 2.08. The summed E-state index contributed by atoms with van der Waals surface area (Å²) in [7, 11) is 2.03. The van der Waals surface area contributed by atoms with E-state index in [1.54, 1.807) is 24.5 Å². The summed E-state index contributed by atoms with van der Waals surface area (Å²) >= 11 is 1.67. The van der Waals surface area contributed by atoms with Gasteiger partial charge in [-0.05, 0) is 26.0 Å². The summed E-state index contributed by atoms with van der Waals surface area (Å²) in [6, 6.07) is 3.83. The van der Waals surface area contributed by atoms with Gasteiger partial charge >= 0.3 is 0 Å². The number of hydrogen-bond donors (Lipinski definition) is 1. The van der Waals surface area contributed by atoms with Crippen LogP contribution in [-0.4, -0.2) is 22.1 Å². The van der Waals surface area contributed by atoms with Crippen molar-refractivity contribution in [3.63, 3.8) is 0 Å². The molecule has 18 heavy (non-hydrogen) atoms. The van der Waals surface area contributed by atoms with Crippen molar-refractivity contribution in [2.24, 2.45) is 0 Å². The molecule has 2 rings (SSSR count). The molecule has 1 atom stereocenters. The van der Waals surface area contributed by atoms with Crippen LogP contribution >= 0.6 is 11.3 Å². The summed E-state index contributed by atoms with van der Waals surface area (Å²) < 4.78 is 0. The van der Waals surface area contributed by atoms with Crippen molar-refractivity contribution in [3.8, 4) is 0 Å². The Kier molecular flexibility index (Phi) is 3.93. The molecule has 0 spiro atoms. The zero-order valence-corrected chi connectivity index (χ0v) is 11.6. The lowest BCUT2D eigenvalue weighted by Gasteiger charge is -2.18. The largest absolute Gasteiger partial charge is 0.387 e. The Morgan fingerprint density at radius 3 is 2.67 bits per heavy atom. The number of rotatable bonds is 4. The molecule has 0 amide bonds. The summed E-state index contributed by atoms with van der Waals surface area (Å²) in [6.45, 7) is 4.56. The number of pyridine rings is 1. The van der Waals surface area contributed by atoms with Crippen molar-refractivity contribution in [2.45, 2.75) is 26.5 Å². The predicted molar refractivity (Wildman–Crippen MR) is 73.8 cm³/mol. The molecule has 0 saturated heterocycles. The lowest BCUT2D eigenvalue weighted by atomic mass is 10.2. The maximum absolute atomic E-state index is 9.41. The monoisotopic (exact) mass is 263 g/mol. The minimum atomic E-state index is -0.520. The van der Waals surface area contributed by atoms with Crippen LogP contribution in [0.1, 0.15) is 29.3 Å². The fourth-order valence-electron chi connectivity index (χ4n) is 1.66. The quantitative estimate of drug-likeness (QED) is 0.921. The maximum Gasteiger partial charge on any atom is 0.0931 e. The van der Waals surface area contributed by atoms with E-state index < -0.39 is 6.10 Å². The predicted octanol–water partition coefficient (Wildman–Crippen LogP) is 2.54. The van der Waals surface area contributed by atoms with Crippen molar-refractivity contribution in [1.82, 2.24) is 9.97 Å². The second-order valence-electron chi connectivity index (χ2n) is 4.33. The number of anilines is 1. The van der Waals surface area contributed by atoms with E-state index in [1.807, 2.05) is 31.6 Å². The third-order valence-electron chi connectivity index (χ3n) is 2.87. The maximum atomic E-state index is 9.41. The third kappa shape index (κ3) is 2.86. The molecule has 96 valence electrons. The van der Waals surface area contributed by atoms with E-state index in [0.717, 1.165) is 17.9 Å². The molecular formula is C13H17N3OS. The van der Waals surface area contributed by atoms with Crippen LogP contribution < -0.4 is 4.90 Å². The van der Waals surface area contributed by atoms with Crippen LogP contribution in [0.2, 0.25) is 0 Å².